The Kier molecular flexibility index (Phi) is 5.86. The van der Waals surface area contributed by atoms with Gasteiger partial charge in [0.25, 0.3) is 0 Å². The minimum atomic E-state index is 0.693. The molecule has 2 heterocycles. The highest BCUT2D eigenvalue weighted by Gasteiger charge is 2.21. The molecule has 1 saturated heterocycles. The summed E-state index contributed by atoms with van der Waals surface area (Å²) in [5.74, 6) is 0. The lowest BCUT2D eigenvalue weighted by Gasteiger charge is -2.34. The number of hydrogen-bond acceptors (Lipinski definition) is 3. The highest BCUT2D eigenvalue weighted by Crippen LogP contribution is 2.15. The molecule has 0 aliphatic carbocycles. The number of nitrogens with zero attached hydrogens (tertiary/aromatic N) is 3. The van der Waals surface area contributed by atoms with Crippen LogP contribution in [0, 0.1) is 0 Å². The Morgan fingerprint density at radius 2 is 2.32 bits per heavy atom. The first-order valence-electron chi connectivity index (χ1n) is 7.80. The summed E-state index contributed by atoms with van der Waals surface area (Å²) in [5, 5.41) is 7.97. The Morgan fingerprint density at radius 1 is 1.42 bits per heavy atom. The summed E-state index contributed by atoms with van der Waals surface area (Å²) in [6, 6.07) is 2.87. The van der Waals surface area contributed by atoms with Crippen molar-refractivity contribution in [3.8, 4) is 0 Å². The van der Waals surface area contributed by atoms with E-state index in [0.717, 1.165) is 26.1 Å². The molecule has 0 radical (unpaired) electrons. The molecule has 2 rings (SSSR count). The van der Waals surface area contributed by atoms with Crippen LogP contribution in [0.25, 0.3) is 0 Å². The van der Waals surface area contributed by atoms with Crippen LogP contribution in [0.3, 0.4) is 0 Å². The highest BCUT2D eigenvalue weighted by atomic mass is 15.3. The predicted octanol–water partition coefficient (Wildman–Crippen LogP) is 2.26. The number of nitrogens with one attached hydrogen (secondary N) is 1. The average molecular weight is 264 g/mol. The molecule has 0 saturated carbocycles. The van der Waals surface area contributed by atoms with Gasteiger partial charge >= 0.3 is 0 Å². The van der Waals surface area contributed by atoms with E-state index < -0.39 is 0 Å². The quantitative estimate of drug-likeness (QED) is 0.820. The van der Waals surface area contributed by atoms with Crippen LogP contribution in [0.2, 0.25) is 0 Å². The molecule has 1 unspecified atom stereocenters. The highest BCUT2D eigenvalue weighted by molar-refractivity contribution is 5.01. The second kappa shape index (κ2) is 7.65. The molecular formula is C15H28N4. The molecule has 0 aromatic carbocycles. The SMILES string of the molecule is CCCN(Cc1ccnn1CCC)C1CCCNC1. The molecule has 0 spiro atoms. The zero-order valence-corrected chi connectivity index (χ0v) is 12.4. The van der Waals surface area contributed by atoms with Gasteiger partial charge in [-0.25, -0.2) is 0 Å². The van der Waals surface area contributed by atoms with Gasteiger partial charge < -0.3 is 5.32 Å². The lowest BCUT2D eigenvalue weighted by Crippen LogP contribution is -2.46. The fraction of sp³-hybridized carbons (Fsp3) is 0.800. The van der Waals surface area contributed by atoms with Crippen LogP contribution < -0.4 is 5.32 Å². The van der Waals surface area contributed by atoms with Crippen molar-refractivity contribution < 1.29 is 0 Å². The molecule has 1 aliphatic rings. The van der Waals surface area contributed by atoms with Crippen molar-refractivity contribution in [2.24, 2.45) is 0 Å². The summed E-state index contributed by atoms with van der Waals surface area (Å²) in [7, 11) is 0. The number of aryl methyl sites for hydroxylation is 1. The number of rotatable bonds is 7. The van der Waals surface area contributed by atoms with Crippen LogP contribution in [-0.2, 0) is 13.1 Å². The van der Waals surface area contributed by atoms with Crippen molar-refractivity contribution in [3.63, 3.8) is 0 Å². The van der Waals surface area contributed by atoms with Crippen LogP contribution in [0.4, 0.5) is 0 Å². The zero-order valence-electron chi connectivity index (χ0n) is 12.4. The van der Waals surface area contributed by atoms with Crippen LogP contribution in [0.15, 0.2) is 12.3 Å². The van der Waals surface area contributed by atoms with Crippen molar-refractivity contribution >= 4 is 0 Å². The molecule has 0 bridgehead atoms. The van der Waals surface area contributed by atoms with E-state index in [9.17, 15) is 0 Å². The average Bonchev–Trinajstić information content (AvgIpc) is 2.87. The Bertz CT molecular complexity index is 355. The van der Waals surface area contributed by atoms with Crippen LogP contribution in [0.5, 0.6) is 0 Å². The second-order valence-corrected chi connectivity index (χ2v) is 5.52. The Balaban J connectivity index is 2.00. The van der Waals surface area contributed by atoms with Gasteiger partial charge in [0, 0.05) is 31.9 Å². The van der Waals surface area contributed by atoms with Gasteiger partial charge in [0.2, 0.25) is 0 Å². The minimum absolute atomic E-state index is 0.693. The van der Waals surface area contributed by atoms with Gasteiger partial charge in [0.05, 0.1) is 5.69 Å². The normalized spacial score (nSPS) is 20.1. The van der Waals surface area contributed by atoms with E-state index in [4.69, 9.17) is 0 Å². The summed E-state index contributed by atoms with van der Waals surface area (Å²) in [6.07, 6.45) is 6.94. The number of aromatic nitrogens is 2. The molecule has 1 aliphatic heterocycles. The van der Waals surface area contributed by atoms with Gasteiger partial charge in [0.15, 0.2) is 0 Å². The Morgan fingerprint density at radius 3 is 3.00 bits per heavy atom. The van der Waals surface area contributed by atoms with E-state index >= 15 is 0 Å². The summed E-state index contributed by atoms with van der Waals surface area (Å²) < 4.78 is 2.17. The van der Waals surface area contributed by atoms with Crippen molar-refractivity contribution in [1.82, 2.24) is 20.0 Å². The third-order valence-corrected chi connectivity index (χ3v) is 3.90. The Hall–Kier alpha value is -0.870. The fourth-order valence-corrected chi connectivity index (χ4v) is 2.94. The fourth-order valence-electron chi connectivity index (χ4n) is 2.94. The molecule has 19 heavy (non-hydrogen) atoms. The van der Waals surface area contributed by atoms with E-state index in [2.05, 4.69) is 39.9 Å². The summed E-state index contributed by atoms with van der Waals surface area (Å²) >= 11 is 0. The first kappa shape index (κ1) is 14.5. The molecule has 1 fully saturated rings. The van der Waals surface area contributed by atoms with E-state index in [1.807, 2.05) is 6.20 Å². The summed E-state index contributed by atoms with van der Waals surface area (Å²) in [6.45, 7) is 10.1. The molecule has 4 nitrogen and oxygen atoms in total. The number of hydrogen-bond donors (Lipinski definition) is 1. The number of piperidine rings is 1. The second-order valence-electron chi connectivity index (χ2n) is 5.52. The molecule has 1 N–H and O–H groups in total. The molecule has 1 atom stereocenters. The maximum absolute atomic E-state index is 4.44. The lowest BCUT2D eigenvalue weighted by molar-refractivity contribution is 0.153. The maximum atomic E-state index is 4.44. The zero-order chi connectivity index (χ0) is 13.5. The van der Waals surface area contributed by atoms with Gasteiger partial charge in [-0.1, -0.05) is 13.8 Å². The predicted molar refractivity (Wildman–Crippen MR) is 79.1 cm³/mol. The topological polar surface area (TPSA) is 33.1 Å². The Labute approximate surface area is 117 Å². The molecule has 1 aromatic rings. The monoisotopic (exact) mass is 264 g/mol. The van der Waals surface area contributed by atoms with Gasteiger partial charge in [0.1, 0.15) is 0 Å². The standard InChI is InChI=1S/C15H28N4/c1-3-10-18(14-6-5-8-16-12-14)13-15-7-9-17-19(15)11-4-2/h7,9,14,16H,3-6,8,10-13H2,1-2H3. The van der Waals surface area contributed by atoms with Gasteiger partial charge in [-0.15, -0.1) is 0 Å². The van der Waals surface area contributed by atoms with E-state index in [-0.39, 0.29) is 0 Å². The maximum Gasteiger partial charge on any atom is 0.0524 e. The summed E-state index contributed by atoms with van der Waals surface area (Å²) in [4.78, 5) is 2.63. The van der Waals surface area contributed by atoms with Crippen molar-refractivity contribution in [1.29, 1.82) is 0 Å². The van der Waals surface area contributed by atoms with Crippen LogP contribution in [-0.4, -0.2) is 40.4 Å². The van der Waals surface area contributed by atoms with E-state index in [1.165, 1.54) is 38.0 Å². The molecule has 0 amide bonds. The third kappa shape index (κ3) is 4.05. The third-order valence-electron chi connectivity index (χ3n) is 3.90. The van der Waals surface area contributed by atoms with Crippen LogP contribution in [0.1, 0.15) is 45.2 Å². The van der Waals surface area contributed by atoms with Crippen molar-refractivity contribution in [2.45, 2.75) is 58.7 Å². The molecule has 4 heteroatoms. The first-order valence-corrected chi connectivity index (χ1v) is 7.80. The van der Waals surface area contributed by atoms with E-state index in [0.29, 0.717) is 6.04 Å². The molecule has 1 aromatic heterocycles. The lowest BCUT2D eigenvalue weighted by atomic mass is 10.1. The largest absolute Gasteiger partial charge is 0.315 e. The van der Waals surface area contributed by atoms with Gasteiger partial charge in [-0.05, 0) is 44.8 Å². The van der Waals surface area contributed by atoms with Gasteiger partial charge in [-0.2, -0.15) is 5.10 Å². The first-order chi connectivity index (χ1) is 9.35. The molecular weight excluding hydrogens is 236 g/mol. The van der Waals surface area contributed by atoms with E-state index in [1.54, 1.807) is 0 Å². The van der Waals surface area contributed by atoms with Crippen molar-refractivity contribution in [3.05, 3.63) is 18.0 Å². The van der Waals surface area contributed by atoms with Gasteiger partial charge in [-0.3, -0.25) is 9.58 Å². The smallest absolute Gasteiger partial charge is 0.0524 e. The minimum Gasteiger partial charge on any atom is -0.315 e. The van der Waals surface area contributed by atoms with Crippen LogP contribution >= 0.6 is 0 Å². The molecule has 108 valence electrons. The van der Waals surface area contributed by atoms with Crippen molar-refractivity contribution in [2.75, 3.05) is 19.6 Å². The summed E-state index contributed by atoms with van der Waals surface area (Å²) in [5.41, 5.74) is 1.36.